The Kier molecular flexibility index (Phi) is 9.25. The van der Waals surface area contributed by atoms with Crippen LogP contribution in [0.1, 0.15) is 80.1 Å². The first-order chi connectivity index (χ1) is 19.9. The summed E-state index contributed by atoms with van der Waals surface area (Å²) in [5.74, 6) is -1.88. The van der Waals surface area contributed by atoms with Crippen LogP contribution in [0.5, 0.6) is 0 Å². The Morgan fingerprint density at radius 2 is 1.86 bits per heavy atom. The summed E-state index contributed by atoms with van der Waals surface area (Å²) in [6.07, 6.45) is 9.73. The molecule has 4 heterocycles. The standard InChI is InChI=1S/C34H50O8/c1-7-19(2)30-22(5)13-14-33(42-30)17-26-16-25(41-33)12-11-21(4)28(35)20(3)9-8-10-24-18-39-31-29(36)23(6)15-27(32(37)40-26)34(24,31)38/h8-11,15,19-20,22,25-31,35-36,38H,7,12-14,16-18H2,1-6H3/b9-8+,21-11+,24-10+/t19-,20-,22-,25+,26-,27-,28-,29+,30+,31+,33+,34+/m1/s1. The van der Waals surface area contributed by atoms with E-state index in [1.54, 1.807) is 25.2 Å². The first kappa shape index (κ1) is 31.6. The maximum atomic E-state index is 14.0. The Hall–Kier alpha value is -1.81. The second kappa shape index (κ2) is 12.3. The van der Waals surface area contributed by atoms with Gasteiger partial charge in [0.05, 0.1) is 24.9 Å². The van der Waals surface area contributed by atoms with Crippen molar-refractivity contribution in [1.29, 1.82) is 0 Å². The van der Waals surface area contributed by atoms with Crippen LogP contribution in [0.25, 0.3) is 0 Å². The smallest absolute Gasteiger partial charge is 0.316 e. The van der Waals surface area contributed by atoms with Crippen molar-refractivity contribution in [3.63, 3.8) is 0 Å². The number of hydrogen-bond donors (Lipinski definition) is 3. The average Bonchev–Trinajstić information content (AvgIpc) is 3.30. The fourth-order valence-corrected chi connectivity index (χ4v) is 7.55. The Bertz CT molecular complexity index is 1140. The predicted molar refractivity (Wildman–Crippen MR) is 158 cm³/mol. The van der Waals surface area contributed by atoms with Gasteiger partial charge in [0.15, 0.2) is 5.79 Å². The molecule has 3 N–H and O–H groups in total. The van der Waals surface area contributed by atoms with Crippen LogP contribution < -0.4 is 0 Å². The lowest BCUT2D eigenvalue weighted by molar-refractivity contribution is -0.340. The first-order valence-corrected chi connectivity index (χ1v) is 15.9. The van der Waals surface area contributed by atoms with Crippen LogP contribution in [0.4, 0.5) is 0 Å². The van der Waals surface area contributed by atoms with Crippen LogP contribution in [0.15, 0.2) is 47.1 Å². The third kappa shape index (κ3) is 5.83. The van der Waals surface area contributed by atoms with Crippen molar-refractivity contribution >= 4 is 5.97 Å². The van der Waals surface area contributed by atoms with Crippen molar-refractivity contribution in [1.82, 2.24) is 0 Å². The van der Waals surface area contributed by atoms with Gasteiger partial charge in [0.25, 0.3) is 0 Å². The van der Waals surface area contributed by atoms with Crippen molar-refractivity contribution < 1.29 is 39.1 Å². The third-order valence-electron chi connectivity index (χ3n) is 10.5. The number of rotatable bonds is 2. The van der Waals surface area contributed by atoms with Gasteiger partial charge in [0, 0.05) is 25.2 Å². The zero-order chi connectivity index (χ0) is 30.4. The monoisotopic (exact) mass is 586 g/mol. The van der Waals surface area contributed by atoms with Gasteiger partial charge in [-0.25, -0.2) is 0 Å². The summed E-state index contributed by atoms with van der Waals surface area (Å²) >= 11 is 0. The molecule has 0 aromatic carbocycles. The lowest BCUT2D eigenvalue weighted by Gasteiger charge is -2.51. The lowest BCUT2D eigenvalue weighted by atomic mass is 9.71. The molecule has 5 rings (SSSR count). The highest BCUT2D eigenvalue weighted by atomic mass is 16.7. The molecule has 0 radical (unpaired) electrons. The molecule has 0 saturated carbocycles. The van der Waals surface area contributed by atoms with Crippen molar-refractivity contribution in [2.75, 3.05) is 6.61 Å². The van der Waals surface area contributed by atoms with E-state index in [1.165, 1.54) is 0 Å². The van der Waals surface area contributed by atoms with Gasteiger partial charge in [-0.1, -0.05) is 64.5 Å². The minimum Gasteiger partial charge on any atom is -0.462 e. The van der Waals surface area contributed by atoms with Crippen LogP contribution in [-0.4, -0.2) is 75.9 Å². The summed E-state index contributed by atoms with van der Waals surface area (Å²) < 4.78 is 25.7. The molecule has 2 bridgehead atoms. The van der Waals surface area contributed by atoms with Crippen LogP contribution in [0, 0.1) is 23.7 Å². The topological polar surface area (TPSA) is 115 Å². The van der Waals surface area contributed by atoms with E-state index in [0.29, 0.717) is 48.7 Å². The molecule has 3 fully saturated rings. The fraction of sp³-hybridized carbons (Fsp3) is 0.735. The van der Waals surface area contributed by atoms with Gasteiger partial charge < -0.3 is 34.3 Å². The maximum Gasteiger partial charge on any atom is 0.316 e. The molecule has 0 amide bonds. The number of aliphatic hydroxyl groups excluding tert-OH is 2. The molecule has 1 spiro atoms. The third-order valence-corrected chi connectivity index (χ3v) is 10.5. The minimum atomic E-state index is -1.75. The second-order valence-corrected chi connectivity index (χ2v) is 13.6. The molecular formula is C34H50O8. The average molecular weight is 587 g/mol. The van der Waals surface area contributed by atoms with Crippen molar-refractivity contribution in [2.24, 2.45) is 23.7 Å². The van der Waals surface area contributed by atoms with Gasteiger partial charge >= 0.3 is 5.97 Å². The normalized spacial score (nSPS) is 48.6. The molecule has 42 heavy (non-hydrogen) atoms. The van der Waals surface area contributed by atoms with E-state index in [2.05, 4.69) is 20.8 Å². The molecule has 1 aliphatic carbocycles. The summed E-state index contributed by atoms with van der Waals surface area (Å²) in [5.41, 5.74) is 0.156. The quantitative estimate of drug-likeness (QED) is 0.320. The Balaban J connectivity index is 1.53. The number of allylic oxidation sites excluding steroid dienone is 2. The lowest BCUT2D eigenvalue weighted by Crippen LogP contribution is -2.58. The van der Waals surface area contributed by atoms with E-state index in [4.69, 9.17) is 18.9 Å². The highest BCUT2D eigenvalue weighted by Crippen LogP contribution is 2.47. The number of hydrogen-bond acceptors (Lipinski definition) is 8. The number of fused-ring (bicyclic) bond motifs is 2. The second-order valence-electron chi connectivity index (χ2n) is 13.6. The van der Waals surface area contributed by atoms with Gasteiger partial charge in [0.2, 0.25) is 0 Å². The number of aliphatic hydroxyl groups is 3. The highest BCUT2D eigenvalue weighted by Gasteiger charge is 2.60. The van der Waals surface area contributed by atoms with E-state index in [9.17, 15) is 20.1 Å². The summed E-state index contributed by atoms with van der Waals surface area (Å²) in [4.78, 5) is 14.0. The van der Waals surface area contributed by atoms with Crippen LogP contribution in [-0.2, 0) is 23.7 Å². The van der Waals surface area contributed by atoms with Gasteiger partial charge in [-0.15, -0.1) is 0 Å². The van der Waals surface area contributed by atoms with Crippen LogP contribution >= 0.6 is 0 Å². The zero-order valence-corrected chi connectivity index (χ0v) is 26.0. The van der Waals surface area contributed by atoms with Gasteiger partial charge in [-0.05, 0) is 55.2 Å². The maximum absolute atomic E-state index is 14.0. The molecule has 4 aliphatic heterocycles. The highest BCUT2D eigenvalue weighted by molar-refractivity contribution is 5.78. The van der Waals surface area contributed by atoms with Gasteiger partial charge in [-0.2, -0.15) is 0 Å². The minimum absolute atomic E-state index is 0.0404. The number of carbonyl (C=O) groups excluding carboxylic acids is 1. The number of carbonyl (C=O) groups is 1. The summed E-state index contributed by atoms with van der Waals surface area (Å²) in [6, 6.07) is 0. The predicted octanol–water partition coefficient (Wildman–Crippen LogP) is 4.53. The molecular weight excluding hydrogens is 536 g/mol. The summed E-state index contributed by atoms with van der Waals surface area (Å²) in [7, 11) is 0. The number of esters is 1. The van der Waals surface area contributed by atoms with E-state index in [1.807, 2.05) is 26.0 Å². The molecule has 0 aromatic heterocycles. The fourth-order valence-electron chi connectivity index (χ4n) is 7.55. The SMILES string of the molecule is CC[C@@H](C)[C@@H]1O[C@@]2(CC[C@H]1C)C[C@H]1C[C@H](C/C=C(\C)[C@H](O)[C@H](C)/C=C/C=C3\CO[C@H]4[C@@H](O)C(C)=C[C@H](C(=O)O1)[C@@]34O)O2. The molecule has 0 aromatic rings. The van der Waals surface area contributed by atoms with Gasteiger partial charge in [0.1, 0.15) is 29.8 Å². The summed E-state index contributed by atoms with van der Waals surface area (Å²) in [6.45, 7) is 12.3. The van der Waals surface area contributed by atoms with E-state index < -0.39 is 47.7 Å². The van der Waals surface area contributed by atoms with E-state index in [0.717, 1.165) is 18.4 Å². The summed E-state index contributed by atoms with van der Waals surface area (Å²) in [5, 5.41) is 34.0. The molecule has 8 nitrogen and oxygen atoms in total. The van der Waals surface area contributed by atoms with E-state index >= 15 is 0 Å². The molecule has 3 saturated heterocycles. The van der Waals surface area contributed by atoms with Crippen molar-refractivity contribution in [2.45, 2.75) is 128 Å². The van der Waals surface area contributed by atoms with Gasteiger partial charge in [-0.3, -0.25) is 4.79 Å². The van der Waals surface area contributed by atoms with Crippen LogP contribution in [0.2, 0.25) is 0 Å². The molecule has 5 aliphatic rings. The molecule has 234 valence electrons. The Morgan fingerprint density at radius 1 is 1.10 bits per heavy atom. The molecule has 12 atom stereocenters. The number of ether oxygens (including phenoxy) is 4. The first-order valence-electron chi connectivity index (χ1n) is 15.9. The Morgan fingerprint density at radius 3 is 2.60 bits per heavy atom. The molecule has 0 unspecified atom stereocenters. The van der Waals surface area contributed by atoms with E-state index in [-0.39, 0.29) is 24.7 Å². The largest absolute Gasteiger partial charge is 0.462 e. The van der Waals surface area contributed by atoms with Crippen molar-refractivity contribution in [3.8, 4) is 0 Å². The van der Waals surface area contributed by atoms with Crippen molar-refractivity contribution in [3.05, 3.63) is 47.1 Å². The Labute approximate surface area is 250 Å². The van der Waals surface area contributed by atoms with Crippen LogP contribution in [0.3, 0.4) is 0 Å². The molecule has 8 heteroatoms. The zero-order valence-electron chi connectivity index (χ0n) is 26.0.